The number of nitrogens with zero attached hydrogens (tertiary/aromatic N) is 2. The molecule has 1 aliphatic carbocycles. The van der Waals surface area contributed by atoms with Crippen LogP contribution in [0.4, 0.5) is 0 Å². The minimum atomic E-state index is 0.0416. The van der Waals surface area contributed by atoms with E-state index in [1.807, 2.05) is 12.1 Å². The van der Waals surface area contributed by atoms with Crippen LogP contribution in [0.2, 0.25) is 0 Å². The van der Waals surface area contributed by atoms with Crippen LogP contribution in [0.5, 0.6) is 11.5 Å². The van der Waals surface area contributed by atoms with Crippen LogP contribution >= 0.6 is 63.7 Å². The van der Waals surface area contributed by atoms with Crippen LogP contribution in [0, 0.1) is 0 Å². The van der Waals surface area contributed by atoms with Gasteiger partial charge in [0, 0.05) is 32.5 Å². The van der Waals surface area contributed by atoms with Crippen LogP contribution in [0.15, 0.2) is 52.1 Å². The van der Waals surface area contributed by atoms with Crippen molar-refractivity contribution in [3.63, 3.8) is 0 Å². The third kappa shape index (κ3) is 5.46. The third-order valence-electron chi connectivity index (χ3n) is 4.62. The van der Waals surface area contributed by atoms with Crippen molar-refractivity contribution >= 4 is 76.1 Å². The Balaban J connectivity index is 1.82. The molecule has 1 aliphatic rings. The summed E-state index contributed by atoms with van der Waals surface area (Å²) in [5, 5.41) is 20.5. The van der Waals surface area contributed by atoms with Crippen LogP contribution < -0.4 is 0 Å². The zero-order chi connectivity index (χ0) is 20.3. The van der Waals surface area contributed by atoms with Gasteiger partial charge < -0.3 is 10.2 Å². The molecular formula is C20H18Br4N2O2. The summed E-state index contributed by atoms with van der Waals surface area (Å²) in [6, 6.07) is 7.34. The molecule has 0 spiro atoms. The lowest BCUT2D eigenvalue weighted by Crippen LogP contribution is -2.27. The van der Waals surface area contributed by atoms with Crippen LogP contribution in [0.1, 0.15) is 36.8 Å². The van der Waals surface area contributed by atoms with E-state index in [0.29, 0.717) is 20.1 Å². The van der Waals surface area contributed by atoms with Gasteiger partial charge in [0.05, 0.1) is 21.0 Å². The summed E-state index contributed by atoms with van der Waals surface area (Å²) in [6.45, 7) is 0. The van der Waals surface area contributed by atoms with Crippen molar-refractivity contribution in [3.8, 4) is 11.5 Å². The summed E-state index contributed by atoms with van der Waals surface area (Å²) in [7, 11) is 0. The number of phenols is 2. The first-order chi connectivity index (χ1) is 13.3. The number of halogens is 4. The predicted octanol–water partition coefficient (Wildman–Crippen LogP) is 7.00. The van der Waals surface area contributed by atoms with Gasteiger partial charge >= 0.3 is 0 Å². The minimum Gasteiger partial charge on any atom is -0.506 e. The monoisotopic (exact) mass is 634 g/mol. The number of aliphatic imine (C=N–C) groups is 2. The highest BCUT2D eigenvalue weighted by atomic mass is 79.9. The van der Waals surface area contributed by atoms with Crippen LogP contribution in [-0.4, -0.2) is 34.7 Å². The highest BCUT2D eigenvalue weighted by Gasteiger charge is 2.23. The Morgan fingerprint density at radius 2 is 1.11 bits per heavy atom. The first-order valence-corrected chi connectivity index (χ1v) is 11.9. The second-order valence-electron chi connectivity index (χ2n) is 6.63. The number of hydrogen-bond acceptors (Lipinski definition) is 4. The molecule has 2 atom stereocenters. The number of hydrogen-bond donors (Lipinski definition) is 2. The molecule has 0 aromatic heterocycles. The fraction of sp³-hybridized carbons (Fsp3) is 0.300. The summed E-state index contributed by atoms with van der Waals surface area (Å²) in [6.07, 6.45) is 7.55. The van der Waals surface area contributed by atoms with Crippen molar-refractivity contribution in [3.05, 3.63) is 53.3 Å². The van der Waals surface area contributed by atoms with E-state index < -0.39 is 0 Å². The van der Waals surface area contributed by atoms with Crippen molar-refractivity contribution in [2.45, 2.75) is 37.8 Å². The van der Waals surface area contributed by atoms with Crippen LogP contribution in [0.3, 0.4) is 0 Å². The summed E-state index contributed by atoms with van der Waals surface area (Å²) in [4.78, 5) is 9.45. The van der Waals surface area contributed by atoms with Crippen molar-refractivity contribution in [1.82, 2.24) is 0 Å². The Labute approximate surface area is 197 Å². The minimum absolute atomic E-state index is 0.0416. The van der Waals surface area contributed by atoms with Gasteiger partial charge in [-0.3, -0.25) is 9.98 Å². The molecule has 148 valence electrons. The van der Waals surface area contributed by atoms with Crippen molar-refractivity contribution in [1.29, 1.82) is 0 Å². The fourth-order valence-corrected chi connectivity index (χ4v) is 5.68. The molecule has 0 heterocycles. The molecule has 8 heteroatoms. The second-order valence-corrected chi connectivity index (χ2v) is 10.2. The van der Waals surface area contributed by atoms with Gasteiger partial charge in [-0.05, 0) is 69.0 Å². The molecule has 1 fully saturated rings. The number of rotatable bonds is 4. The van der Waals surface area contributed by atoms with Crippen molar-refractivity contribution in [2.24, 2.45) is 9.98 Å². The van der Waals surface area contributed by atoms with Gasteiger partial charge in [-0.15, -0.1) is 0 Å². The van der Waals surface area contributed by atoms with E-state index in [1.165, 1.54) is 0 Å². The molecule has 0 bridgehead atoms. The highest BCUT2D eigenvalue weighted by Crippen LogP contribution is 2.33. The molecule has 28 heavy (non-hydrogen) atoms. The maximum atomic E-state index is 10.2. The lowest BCUT2D eigenvalue weighted by Gasteiger charge is -2.25. The van der Waals surface area contributed by atoms with Gasteiger partial charge in [0.25, 0.3) is 0 Å². The second kappa shape index (κ2) is 9.87. The predicted molar refractivity (Wildman–Crippen MR) is 128 cm³/mol. The normalized spacial score (nSPS) is 20.3. The van der Waals surface area contributed by atoms with Gasteiger partial charge in [-0.2, -0.15) is 0 Å². The summed E-state index contributed by atoms with van der Waals surface area (Å²) in [5.74, 6) is 0.346. The maximum absolute atomic E-state index is 10.2. The van der Waals surface area contributed by atoms with Crippen molar-refractivity contribution in [2.75, 3.05) is 0 Å². The number of aromatic hydroxyl groups is 2. The fourth-order valence-electron chi connectivity index (χ4n) is 3.16. The molecule has 0 amide bonds. The van der Waals surface area contributed by atoms with E-state index in [1.54, 1.807) is 24.6 Å². The molecule has 3 rings (SSSR count). The molecule has 2 aromatic carbocycles. The summed E-state index contributed by atoms with van der Waals surface area (Å²) >= 11 is 13.6. The van der Waals surface area contributed by atoms with Crippen LogP contribution in [0.25, 0.3) is 0 Å². The Hall–Kier alpha value is -0.700. The van der Waals surface area contributed by atoms with Crippen molar-refractivity contribution < 1.29 is 10.2 Å². The molecule has 1 saturated carbocycles. The highest BCUT2D eigenvalue weighted by molar-refractivity contribution is 9.11. The molecule has 2 aromatic rings. The molecule has 0 unspecified atom stereocenters. The zero-order valence-electron chi connectivity index (χ0n) is 14.7. The largest absolute Gasteiger partial charge is 0.506 e. The first-order valence-electron chi connectivity index (χ1n) is 8.77. The standard InChI is InChI=1S/C20H18Br4N2O2/c21-13-5-11(19(27)15(23)7-13)9-25-17-3-1-2-4-18(17)26-10-12-6-14(22)8-16(24)20(12)28/h5-10,17-18,27-28H,1-4H2/t17-,18-/m0/s1. The van der Waals surface area contributed by atoms with Gasteiger partial charge in [0.2, 0.25) is 0 Å². The lowest BCUT2D eigenvalue weighted by molar-refractivity contribution is 0.390. The summed E-state index contributed by atoms with van der Waals surface area (Å²) in [5.41, 5.74) is 1.31. The number of benzene rings is 2. The molecule has 2 N–H and O–H groups in total. The van der Waals surface area contributed by atoms with E-state index in [9.17, 15) is 10.2 Å². The average molecular weight is 638 g/mol. The molecule has 0 saturated heterocycles. The molecular weight excluding hydrogens is 620 g/mol. The smallest absolute Gasteiger partial charge is 0.138 e. The SMILES string of the molecule is Oc1c(Br)cc(Br)cc1C=N[C@H]1CCCC[C@@H]1N=Cc1cc(Br)cc(Br)c1O. The molecule has 0 radical (unpaired) electrons. The Kier molecular flexibility index (Phi) is 7.75. The number of phenolic OH excluding ortho intramolecular Hbond substituents is 2. The topological polar surface area (TPSA) is 65.2 Å². The van der Waals surface area contributed by atoms with Crippen LogP contribution in [-0.2, 0) is 0 Å². The quantitative estimate of drug-likeness (QED) is 0.355. The lowest BCUT2D eigenvalue weighted by atomic mass is 9.91. The average Bonchev–Trinajstić information content (AvgIpc) is 2.65. The van der Waals surface area contributed by atoms with E-state index in [0.717, 1.165) is 34.6 Å². The van der Waals surface area contributed by atoms with Gasteiger partial charge in [0.15, 0.2) is 0 Å². The Morgan fingerprint density at radius 1 is 0.714 bits per heavy atom. The Bertz CT molecular complexity index is 855. The molecule has 4 nitrogen and oxygen atoms in total. The van der Waals surface area contributed by atoms with E-state index >= 15 is 0 Å². The van der Waals surface area contributed by atoms with E-state index in [2.05, 4.69) is 63.7 Å². The third-order valence-corrected chi connectivity index (χ3v) is 6.74. The Morgan fingerprint density at radius 3 is 1.50 bits per heavy atom. The van der Waals surface area contributed by atoms with E-state index in [4.69, 9.17) is 9.98 Å². The first kappa shape index (κ1) is 22.0. The van der Waals surface area contributed by atoms with Gasteiger partial charge in [-0.1, -0.05) is 44.7 Å². The van der Waals surface area contributed by atoms with Gasteiger partial charge in [-0.25, -0.2) is 0 Å². The summed E-state index contributed by atoms with van der Waals surface area (Å²) < 4.78 is 2.98. The van der Waals surface area contributed by atoms with E-state index in [-0.39, 0.29) is 23.6 Å². The van der Waals surface area contributed by atoms with Gasteiger partial charge in [0.1, 0.15) is 11.5 Å². The zero-order valence-corrected chi connectivity index (χ0v) is 21.1. The maximum Gasteiger partial charge on any atom is 0.138 e. The molecule has 0 aliphatic heterocycles.